The summed E-state index contributed by atoms with van der Waals surface area (Å²) in [5.74, 6) is -0.468. The number of piperidine rings is 1. The van der Waals surface area contributed by atoms with E-state index in [1.165, 1.54) is 4.57 Å². The first-order valence-electron chi connectivity index (χ1n) is 14.7. The summed E-state index contributed by atoms with van der Waals surface area (Å²) in [7, 11) is 0. The molecule has 0 spiro atoms. The Balaban J connectivity index is 1.62. The van der Waals surface area contributed by atoms with E-state index in [1.54, 1.807) is 59.9 Å². The first kappa shape index (κ1) is 29.8. The van der Waals surface area contributed by atoms with Crippen LogP contribution in [0.3, 0.4) is 0 Å². The van der Waals surface area contributed by atoms with Crippen LogP contribution in [0.4, 0.5) is 15.3 Å². The molecule has 1 aromatic carbocycles. The first-order chi connectivity index (χ1) is 20.6. The molecule has 0 unspecified atom stereocenters. The minimum Gasteiger partial charge on any atom is -0.464 e. The van der Waals surface area contributed by atoms with Gasteiger partial charge < -0.3 is 20.1 Å². The number of hydrogen-bond acceptors (Lipinski definition) is 6. The van der Waals surface area contributed by atoms with Crippen LogP contribution in [-0.4, -0.2) is 67.1 Å². The summed E-state index contributed by atoms with van der Waals surface area (Å²) in [6, 6.07) is 10.4. The largest absolute Gasteiger partial charge is 0.464 e. The molecule has 2 amide bonds. The summed E-state index contributed by atoms with van der Waals surface area (Å²) >= 11 is 0. The third-order valence-corrected chi connectivity index (χ3v) is 7.79. The van der Waals surface area contributed by atoms with E-state index >= 15 is 0 Å². The summed E-state index contributed by atoms with van der Waals surface area (Å²) in [6.07, 6.45) is 6.37. The van der Waals surface area contributed by atoms with Gasteiger partial charge in [0, 0.05) is 48.0 Å². The van der Waals surface area contributed by atoms with E-state index in [1.807, 2.05) is 32.4 Å². The van der Waals surface area contributed by atoms with Gasteiger partial charge in [0.05, 0.1) is 40.8 Å². The minimum atomic E-state index is -1.20. The first-order valence-corrected chi connectivity index (χ1v) is 14.7. The van der Waals surface area contributed by atoms with Gasteiger partial charge in [-0.15, -0.1) is 0 Å². The van der Waals surface area contributed by atoms with Gasteiger partial charge in [-0.05, 0) is 58.2 Å². The van der Waals surface area contributed by atoms with Gasteiger partial charge in [0.1, 0.15) is 0 Å². The number of aromatic nitrogens is 4. The van der Waals surface area contributed by atoms with Crippen molar-refractivity contribution >= 4 is 34.7 Å². The second-order valence-electron chi connectivity index (χ2n) is 11.8. The fourth-order valence-corrected chi connectivity index (χ4v) is 5.75. The van der Waals surface area contributed by atoms with Crippen LogP contribution in [0.1, 0.15) is 75.3 Å². The number of fused-ring (bicyclic) bond motifs is 1. The number of unbranched alkanes of at least 4 members (excludes halogenated alkanes) is 1. The molecule has 2 N–H and O–H groups in total. The Morgan fingerprint density at radius 3 is 2.42 bits per heavy atom. The van der Waals surface area contributed by atoms with Gasteiger partial charge in [-0.2, -0.15) is 5.10 Å². The van der Waals surface area contributed by atoms with E-state index in [2.05, 4.69) is 10.3 Å². The standard InChI is InChI=1S/C32H38N6O5/c1-5-6-19-43-31(42)36-17-13-21(14-18-36)27-24(20-34-38(27)32(2,3)4)28-26(29(39)35-22-11-15-33-16-12-22)23-9-7-8-10-25(23)37(28)30(40)41/h7-12,15-16,20-21H,5-6,13-14,17-19H2,1-4H3,(H,40,41)(H,33,35,39). The Morgan fingerprint density at radius 2 is 1.77 bits per heavy atom. The molecule has 0 saturated carbocycles. The molecular formula is C32H38N6O5. The number of likely N-dealkylation sites (tertiary alicyclic amines) is 1. The average Bonchev–Trinajstić information content (AvgIpc) is 3.58. The van der Waals surface area contributed by atoms with E-state index in [4.69, 9.17) is 9.84 Å². The quantitative estimate of drug-likeness (QED) is 0.235. The predicted molar refractivity (Wildman–Crippen MR) is 164 cm³/mol. The molecule has 4 heterocycles. The van der Waals surface area contributed by atoms with Crippen molar-refractivity contribution in [3.8, 4) is 11.3 Å². The SMILES string of the molecule is CCCCOC(=O)N1CCC(c2c(-c3c(C(=O)Nc4ccncc4)c4ccccc4n3C(=O)O)cnn2C(C)(C)C)CC1. The molecule has 5 rings (SSSR count). The number of nitrogens with one attached hydrogen (secondary N) is 1. The molecule has 4 aromatic rings. The summed E-state index contributed by atoms with van der Waals surface area (Å²) in [5.41, 5.74) is 2.47. The van der Waals surface area contributed by atoms with Gasteiger partial charge in [-0.3, -0.25) is 14.5 Å². The highest BCUT2D eigenvalue weighted by Gasteiger charge is 2.36. The van der Waals surface area contributed by atoms with Gasteiger partial charge in [-0.1, -0.05) is 31.5 Å². The maximum Gasteiger partial charge on any atom is 0.416 e. The highest BCUT2D eigenvalue weighted by atomic mass is 16.6. The number of para-hydroxylation sites is 1. The monoisotopic (exact) mass is 586 g/mol. The third-order valence-electron chi connectivity index (χ3n) is 7.79. The van der Waals surface area contributed by atoms with Gasteiger partial charge >= 0.3 is 12.2 Å². The summed E-state index contributed by atoms with van der Waals surface area (Å²) in [6.45, 7) is 9.57. The molecule has 11 heteroatoms. The van der Waals surface area contributed by atoms with Crippen molar-refractivity contribution in [2.75, 3.05) is 25.0 Å². The summed E-state index contributed by atoms with van der Waals surface area (Å²) < 4.78 is 8.55. The molecule has 3 aromatic heterocycles. The minimum absolute atomic E-state index is 0.0345. The lowest BCUT2D eigenvalue weighted by Crippen LogP contribution is -2.39. The molecule has 1 fully saturated rings. The molecule has 1 saturated heterocycles. The topological polar surface area (TPSA) is 132 Å². The van der Waals surface area contributed by atoms with Crippen molar-refractivity contribution < 1.29 is 24.2 Å². The number of ether oxygens (including phenoxy) is 1. The number of carbonyl (C=O) groups is 3. The number of carbonyl (C=O) groups excluding carboxylic acids is 2. The fraction of sp³-hybridized carbons (Fsp3) is 0.406. The summed E-state index contributed by atoms with van der Waals surface area (Å²) in [5, 5.41) is 18.7. The Kier molecular flexibility index (Phi) is 8.52. The molecule has 0 radical (unpaired) electrons. The van der Waals surface area contributed by atoms with Crippen molar-refractivity contribution in [3.05, 3.63) is 66.2 Å². The molecule has 1 aliphatic heterocycles. The maximum absolute atomic E-state index is 14.0. The van der Waals surface area contributed by atoms with Gasteiger partial charge in [0.25, 0.3) is 5.91 Å². The Labute approximate surface area is 250 Å². The number of benzene rings is 1. The third kappa shape index (κ3) is 5.97. The van der Waals surface area contributed by atoms with Gasteiger partial charge in [-0.25, -0.2) is 14.2 Å². The fourth-order valence-electron chi connectivity index (χ4n) is 5.75. The van der Waals surface area contributed by atoms with Gasteiger partial charge in [0.15, 0.2) is 0 Å². The number of carboxylic acid groups (broad SMARTS) is 1. The number of hydrogen-bond donors (Lipinski definition) is 2. The zero-order valence-corrected chi connectivity index (χ0v) is 25.0. The van der Waals surface area contributed by atoms with E-state index in [9.17, 15) is 19.5 Å². The van der Waals surface area contributed by atoms with Crippen LogP contribution >= 0.6 is 0 Å². The molecule has 1 aliphatic rings. The van der Waals surface area contributed by atoms with Crippen molar-refractivity contribution in [2.24, 2.45) is 0 Å². The molecular weight excluding hydrogens is 548 g/mol. The van der Waals surface area contributed by atoms with Crippen LogP contribution in [-0.2, 0) is 10.3 Å². The van der Waals surface area contributed by atoms with Crippen LogP contribution < -0.4 is 5.32 Å². The zero-order valence-electron chi connectivity index (χ0n) is 25.0. The number of pyridine rings is 1. The van der Waals surface area contributed by atoms with Crippen LogP contribution in [0.25, 0.3) is 22.2 Å². The Hall–Kier alpha value is -4.67. The molecule has 11 nitrogen and oxygen atoms in total. The summed E-state index contributed by atoms with van der Waals surface area (Å²) in [4.78, 5) is 45.2. The Bertz CT molecular complexity index is 1630. The second kappa shape index (κ2) is 12.3. The Morgan fingerprint density at radius 1 is 1.07 bits per heavy atom. The molecule has 226 valence electrons. The van der Waals surface area contributed by atoms with E-state index in [0.717, 1.165) is 18.5 Å². The number of amides is 2. The molecule has 0 bridgehead atoms. The maximum atomic E-state index is 14.0. The molecule has 0 aliphatic carbocycles. The van der Waals surface area contributed by atoms with E-state index < -0.39 is 17.5 Å². The van der Waals surface area contributed by atoms with Gasteiger partial charge in [0.2, 0.25) is 0 Å². The highest BCUT2D eigenvalue weighted by Crippen LogP contribution is 2.42. The van der Waals surface area contributed by atoms with Crippen LogP contribution in [0.15, 0.2) is 55.0 Å². The average molecular weight is 587 g/mol. The zero-order chi connectivity index (χ0) is 30.7. The number of anilines is 1. The van der Waals surface area contributed by atoms with Crippen LogP contribution in [0, 0.1) is 0 Å². The van der Waals surface area contributed by atoms with Crippen molar-refractivity contribution in [3.63, 3.8) is 0 Å². The predicted octanol–water partition coefficient (Wildman–Crippen LogP) is 6.55. The lowest BCUT2D eigenvalue weighted by molar-refractivity contribution is 0.0908. The number of nitrogens with zero attached hydrogens (tertiary/aromatic N) is 5. The second-order valence-corrected chi connectivity index (χ2v) is 11.8. The highest BCUT2D eigenvalue weighted by molar-refractivity contribution is 6.19. The van der Waals surface area contributed by atoms with Crippen LogP contribution in [0.5, 0.6) is 0 Å². The normalized spacial score (nSPS) is 14.2. The van der Waals surface area contributed by atoms with Crippen molar-refractivity contribution in [1.82, 2.24) is 24.2 Å². The van der Waals surface area contributed by atoms with E-state index in [-0.39, 0.29) is 23.3 Å². The van der Waals surface area contributed by atoms with Crippen molar-refractivity contribution in [1.29, 1.82) is 0 Å². The van der Waals surface area contributed by atoms with Crippen molar-refractivity contribution in [2.45, 2.75) is 64.8 Å². The lowest BCUT2D eigenvalue weighted by atomic mass is 9.88. The molecule has 0 atom stereocenters. The smallest absolute Gasteiger partial charge is 0.416 e. The van der Waals surface area contributed by atoms with E-state index in [0.29, 0.717) is 54.7 Å². The number of rotatable bonds is 7. The van der Waals surface area contributed by atoms with Crippen LogP contribution in [0.2, 0.25) is 0 Å². The lowest BCUT2D eigenvalue weighted by Gasteiger charge is -2.34. The molecule has 43 heavy (non-hydrogen) atoms.